The maximum atomic E-state index is 12.9. The Hall–Kier alpha value is -0.580. The van der Waals surface area contributed by atoms with Crippen molar-refractivity contribution >= 4 is 43.5 Å². The van der Waals surface area contributed by atoms with Crippen molar-refractivity contribution in [3.05, 3.63) is 57.3 Å². The van der Waals surface area contributed by atoms with Gasteiger partial charge >= 0.3 is 0 Å². The zero-order chi connectivity index (χ0) is 13.1. The molecule has 0 aromatic heterocycles. The summed E-state index contributed by atoms with van der Waals surface area (Å²) >= 11 is 12.7. The molecule has 0 saturated carbocycles. The average molecular weight is 394 g/mol. The van der Waals surface area contributed by atoms with Crippen molar-refractivity contribution < 1.29 is 9.13 Å². The van der Waals surface area contributed by atoms with Crippen molar-refractivity contribution in [2.24, 2.45) is 0 Å². The number of halogens is 4. The van der Waals surface area contributed by atoms with Crippen LogP contribution in [0.3, 0.4) is 0 Å². The van der Waals surface area contributed by atoms with Crippen LogP contribution in [0.2, 0.25) is 5.02 Å². The summed E-state index contributed by atoms with van der Waals surface area (Å²) in [6.45, 7) is 0. The van der Waals surface area contributed by atoms with E-state index < -0.39 is 0 Å². The molecule has 0 fully saturated rings. The van der Waals surface area contributed by atoms with E-state index in [2.05, 4.69) is 31.9 Å². The third-order valence-corrected chi connectivity index (χ3v) is 3.67. The van der Waals surface area contributed by atoms with E-state index in [0.29, 0.717) is 16.8 Å². The van der Waals surface area contributed by atoms with Crippen LogP contribution in [0.1, 0.15) is 5.56 Å². The van der Waals surface area contributed by atoms with Crippen LogP contribution in [0, 0.1) is 5.82 Å². The SMILES string of the molecule is Fc1ccc(Oc2ccc(Br)cc2CBr)c(Cl)c1. The molecule has 0 saturated heterocycles. The molecule has 0 heterocycles. The topological polar surface area (TPSA) is 9.23 Å². The highest BCUT2D eigenvalue weighted by Crippen LogP contribution is 2.33. The van der Waals surface area contributed by atoms with Gasteiger partial charge in [-0.1, -0.05) is 43.5 Å². The standard InChI is InChI=1S/C13H8Br2ClFO/c14-7-8-5-9(15)1-3-12(8)18-13-4-2-10(17)6-11(13)16/h1-6H,7H2. The molecular weight excluding hydrogens is 386 g/mol. The summed E-state index contributed by atoms with van der Waals surface area (Å²) < 4.78 is 19.6. The van der Waals surface area contributed by atoms with Crippen molar-refractivity contribution in [3.8, 4) is 11.5 Å². The Balaban J connectivity index is 2.33. The molecule has 2 aromatic carbocycles. The summed E-state index contributed by atoms with van der Waals surface area (Å²) in [6.07, 6.45) is 0. The minimum absolute atomic E-state index is 0.249. The quantitative estimate of drug-likeness (QED) is 0.587. The van der Waals surface area contributed by atoms with Gasteiger partial charge in [0, 0.05) is 15.4 Å². The summed E-state index contributed by atoms with van der Waals surface area (Å²) in [6, 6.07) is 9.70. The average Bonchev–Trinajstić information content (AvgIpc) is 2.34. The fourth-order valence-corrected chi connectivity index (χ4v) is 2.48. The van der Waals surface area contributed by atoms with Gasteiger partial charge in [0.15, 0.2) is 0 Å². The molecule has 0 unspecified atom stereocenters. The highest BCUT2D eigenvalue weighted by atomic mass is 79.9. The lowest BCUT2D eigenvalue weighted by Crippen LogP contribution is -1.91. The van der Waals surface area contributed by atoms with E-state index in [4.69, 9.17) is 16.3 Å². The maximum absolute atomic E-state index is 12.9. The molecular formula is C13H8Br2ClFO. The molecule has 2 rings (SSSR count). The Morgan fingerprint density at radius 2 is 1.83 bits per heavy atom. The molecule has 0 atom stereocenters. The summed E-state index contributed by atoms with van der Waals surface area (Å²) in [7, 11) is 0. The number of rotatable bonds is 3. The fraction of sp³-hybridized carbons (Fsp3) is 0.0769. The zero-order valence-electron chi connectivity index (χ0n) is 9.09. The van der Waals surface area contributed by atoms with Crippen LogP contribution in [0.4, 0.5) is 4.39 Å². The van der Waals surface area contributed by atoms with Gasteiger partial charge in [-0.2, -0.15) is 0 Å². The first-order valence-electron chi connectivity index (χ1n) is 5.07. The van der Waals surface area contributed by atoms with Crippen LogP contribution in [-0.2, 0) is 5.33 Å². The van der Waals surface area contributed by atoms with Crippen molar-refractivity contribution in [1.82, 2.24) is 0 Å². The lowest BCUT2D eigenvalue weighted by molar-refractivity contribution is 0.477. The number of hydrogen-bond donors (Lipinski definition) is 0. The highest BCUT2D eigenvalue weighted by molar-refractivity contribution is 9.10. The molecule has 2 aromatic rings. The molecule has 0 N–H and O–H groups in total. The van der Waals surface area contributed by atoms with Gasteiger partial charge in [-0.15, -0.1) is 0 Å². The molecule has 0 amide bonds. The molecule has 0 radical (unpaired) electrons. The number of ether oxygens (including phenoxy) is 1. The number of hydrogen-bond acceptors (Lipinski definition) is 1. The third-order valence-electron chi connectivity index (χ3n) is 2.28. The van der Waals surface area contributed by atoms with E-state index in [9.17, 15) is 4.39 Å². The maximum Gasteiger partial charge on any atom is 0.146 e. The van der Waals surface area contributed by atoms with Crippen molar-refractivity contribution in [1.29, 1.82) is 0 Å². The normalized spacial score (nSPS) is 10.4. The smallest absolute Gasteiger partial charge is 0.146 e. The molecule has 94 valence electrons. The first-order chi connectivity index (χ1) is 8.60. The molecule has 5 heteroatoms. The second-order valence-electron chi connectivity index (χ2n) is 3.56. The van der Waals surface area contributed by atoms with Crippen molar-refractivity contribution in [2.75, 3.05) is 0 Å². The number of benzene rings is 2. The van der Waals surface area contributed by atoms with E-state index in [1.807, 2.05) is 18.2 Å². The van der Waals surface area contributed by atoms with Gasteiger partial charge in [-0.3, -0.25) is 0 Å². The van der Waals surface area contributed by atoms with Crippen molar-refractivity contribution in [2.45, 2.75) is 5.33 Å². The van der Waals surface area contributed by atoms with Crippen LogP contribution < -0.4 is 4.74 Å². The van der Waals surface area contributed by atoms with E-state index >= 15 is 0 Å². The van der Waals surface area contributed by atoms with Crippen LogP contribution in [0.25, 0.3) is 0 Å². The predicted octanol–water partition coefficient (Wildman–Crippen LogP) is 5.93. The molecule has 0 aliphatic rings. The third kappa shape index (κ3) is 3.25. The summed E-state index contributed by atoms with van der Waals surface area (Å²) in [5, 5.41) is 0.902. The number of alkyl halides is 1. The predicted molar refractivity (Wildman–Crippen MR) is 78.3 cm³/mol. The van der Waals surface area contributed by atoms with E-state index in [0.717, 1.165) is 10.0 Å². The van der Waals surface area contributed by atoms with Gasteiger partial charge in [0.05, 0.1) is 5.02 Å². The Morgan fingerprint density at radius 1 is 1.11 bits per heavy atom. The lowest BCUT2D eigenvalue weighted by atomic mass is 10.2. The first kappa shape index (κ1) is 13.8. The Bertz CT molecular complexity index is 575. The largest absolute Gasteiger partial charge is 0.455 e. The monoisotopic (exact) mass is 392 g/mol. The Kier molecular flexibility index (Phi) is 4.65. The molecule has 0 bridgehead atoms. The van der Waals surface area contributed by atoms with Gasteiger partial charge in [0.25, 0.3) is 0 Å². The molecule has 18 heavy (non-hydrogen) atoms. The van der Waals surface area contributed by atoms with Crippen LogP contribution in [0.5, 0.6) is 11.5 Å². The summed E-state index contributed by atoms with van der Waals surface area (Å²) in [5.41, 5.74) is 0.977. The summed E-state index contributed by atoms with van der Waals surface area (Å²) in [5.74, 6) is 0.732. The van der Waals surface area contributed by atoms with E-state index in [1.165, 1.54) is 18.2 Å². The van der Waals surface area contributed by atoms with Gasteiger partial charge in [0.2, 0.25) is 0 Å². The van der Waals surface area contributed by atoms with Crippen LogP contribution in [-0.4, -0.2) is 0 Å². The second-order valence-corrected chi connectivity index (χ2v) is 5.45. The minimum atomic E-state index is -0.385. The lowest BCUT2D eigenvalue weighted by Gasteiger charge is -2.11. The van der Waals surface area contributed by atoms with E-state index in [1.54, 1.807) is 0 Å². The van der Waals surface area contributed by atoms with Gasteiger partial charge in [-0.05, 0) is 36.4 Å². The Labute approximate surface area is 126 Å². The molecule has 1 nitrogen and oxygen atoms in total. The summed E-state index contributed by atoms with van der Waals surface area (Å²) in [4.78, 5) is 0. The second kappa shape index (κ2) is 6.04. The van der Waals surface area contributed by atoms with Gasteiger partial charge in [0.1, 0.15) is 17.3 Å². The van der Waals surface area contributed by atoms with Crippen LogP contribution in [0.15, 0.2) is 40.9 Å². The minimum Gasteiger partial charge on any atom is -0.455 e. The molecule has 0 aliphatic heterocycles. The Morgan fingerprint density at radius 3 is 2.50 bits per heavy atom. The first-order valence-corrected chi connectivity index (χ1v) is 7.36. The van der Waals surface area contributed by atoms with E-state index in [-0.39, 0.29) is 10.8 Å². The zero-order valence-corrected chi connectivity index (χ0v) is 13.0. The fourth-order valence-electron chi connectivity index (χ4n) is 1.43. The highest BCUT2D eigenvalue weighted by Gasteiger charge is 2.08. The molecule has 0 spiro atoms. The molecule has 0 aliphatic carbocycles. The van der Waals surface area contributed by atoms with Gasteiger partial charge in [-0.25, -0.2) is 4.39 Å². The van der Waals surface area contributed by atoms with Crippen LogP contribution >= 0.6 is 43.5 Å². The van der Waals surface area contributed by atoms with Crippen molar-refractivity contribution in [3.63, 3.8) is 0 Å². The van der Waals surface area contributed by atoms with Gasteiger partial charge < -0.3 is 4.74 Å².